The first-order valence-corrected chi connectivity index (χ1v) is 9.87. The van der Waals surface area contributed by atoms with Crippen LogP contribution in [0.4, 0.5) is 11.6 Å². The van der Waals surface area contributed by atoms with Crippen LogP contribution >= 0.6 is 0 Å². The largest absolute Gasteiger partial charge is 0.497 e. The smallest absolute Gasteiger partial charge is 0.131 e. The molecule has 2 aromatic rings. The van der Waals surface area contributed by atoms with Gasteiger partial charge in [0.1, 0.15) is 23.2 Å². The van der Waals surface area contributed by atoms with E-state index in [0.29, 0.717) is 0 Å². The van der Waals surface area contributed by atoms with Crippen molar-refractivity contribution in [2.45, 2.75) is 45.4 Å². The Hall–Kier alpha value is -2.56. The number of ether oxygens (including phenoxy) is 1. The van der Waals surface area contributed by atoms with Crippen LogP contribution in [0, 0.1) is 6.92 Å². The molecule has 0 fully saturated rings. The number of nitrogens with zero attached hydrogens (tertiary/aromatic N) is 2. The highest BCUT2D eigenvalue weighted by molar-refractivity contribution is 5.47. The van der Waals surface area contributed by atoms with Crippen molar-refractivity contribution in [3.8, 4) is 5.75 Å². The predicted octanol–water partition coefficient (Wildman–Crippen LogP) is 4.75. The molecule has 0 saturated heterocycles. The summed E-state index contributed by atoms with van der Waals surface area (Å²) in [6.07, 6.45) is 9.58. The molecule has 3 rings (SSSR count). The van der Waals surface area contributed by atoms with Crippen molar-refractivity contribution in [1.82, 2.24) is 9.97 Å². The van der Waals surface area contributed by atoms with E-state index in [9.17, 15) is 0 Å². The van der Waals surface area contributed by atoms with E-state index in [-0.39, 0.29) is 0 Å². The van der Waals surface area contributed by atoms with Crippen LogP contribution in [0.2, 0.25) is 0 Å². The molecule has 1 aliphatic rings. The summed E-state index contributed by atoms with van der Waals surface area (Å²) in [4.78, 5) is 9.01. The Morgan fingerprint density at radius 1 is 1.00 bits per heavy atom. The number of rotatable bonds is 9. The Labute approximate surface area is 162 Å². The normalized spacial score (nSPS) is 13.8. The summed E-state index contributed by atoms with van der Waals surface area (Å²) in [5.74, 6) is 3.43. The number of methoxy groups -OCH3 is 1. The van der Waals surface area contributed by atoms with Crippen LogP contribution in [0.1, 0.15) is 43.5 Å². The first-order valence-electron chi connectivity index (χ1n) is 9.87. The molecule has 0 spiro atoms. The molecular weight excluding hydrogens is 336 g/mol. The summed E-state index contributed by atoms with van der Waals surface area (Å²) >= 11 is 0. The maximum Gasteiger partial charge on any atom is 0.131 e. The third-order valence-electron chi connectivity index (χ3n) is 4.83. The molecule has 0 bridgehead atoms. The van der Waals surface area contributed by atoms with Crippen molar-refractivity contribution in [1.29, 1.82) is 0 Å². The second-order valence-electron chi connectivity index (χ2n) is 7.00. The van der Waals surface area contributed by atoms with Gasteiger partial charge >= 0.3 is 0 Å². The summed E-state index contributed by atoms with van der Waals surface area (Å²) in [7, 11) is 1.69. The first-order chi connectivity index (χ1) is 13.2. The van der Waals surface area contributed by atoms with Crippen molar-refractivity contribution in [2.75, 3.05) is 30.8 Å². The van der Waals surface area contributed by atoms with Crippen LogP contribution in [0.15, 0.2) is 42.0 Å². The van der Waals surface area contributed by atoms with Gasteiger partial charge in [-0.3, -0.25) is 0 Å². The molecule has 0 saturated carbocycles. The van der Waals surface area contributed by atoms with Crippen LogP contribution in [0.25, 0.3) is 0 Å². The molecule has 0 amide bonds. The quantitative estimate of drug-likeness (QED) is 0.627. The fourth-order valence-electron chi connectivity index (χ4n) is 3.39. The topological polar surface area (TPSA) is 59.1 Å². The van der Waals surface area contributed by atoms with Gasteiger partial charge in [-0.25, -0.2) is 9.97 Å². The lowest BCUT2D eigenvalue weighted by molar-refractivity contribution is 0.414. The lowest BCUT2D eigenvalue weighted by Gasteiger charge is -2.14. The van der Waals surface area contributed by atoms with Gasteiger partial charge in [0.15, 0.2) is 0 Å². The minimum absolute atomic E-state index is 0.778. The van der Waals surface area contributed by atoms with Gasteiger partial charge in [-0.05, 0) is 63.1 Å². The van der Waals surface area contributed by atoms with Crippen molar-refractivity contribution in [2.24, 2.45) is 0 Å². The maximum atomic E-state index is 5.28. The zero-order valence-electron chi connectivity index (χ0n) is 16.4. The highest BCUT2D eigenvalue weighted by Crippen LogP contribution is 2.20. The van der Waals surface area contributed by atoms with E-state index in [1.54, 1.807) is 12.7 Å². The maximum absolute atomic E-state index is 5.28. The Kier molecular flexibility index (Phi) is 7.08. The summed E-state index contributed by atoms with van der Waals surface area (Å²) < 4.78 is 5.28. The third-order valence-corrected chi connectivity index (χ3v) is 4.83. The van der Waals surface area contributed by atoms with E-state index in [1.807, 2.05) is 25.1 Å². The Balaban J connectivity index is 1.49. The van der Waals surface area contributed by atoms with Gasteiger partial charge in [0.05, 0.1) is 7.11 Å². The standard InChI is InChI=1S/C22H30N4O/c1-17-25-21(23-13-11-18-7-4-3-5-8-18)16-22(26-17)24-14-12-19-9-6-10-20(15-19)27-2/h6-7,9-10,15-16H,3-5,8,11-14H2,1-2H3,(H2,23,24,25,26). The number of hydrogen-bond donors (Lipinski definition) is 2. The molecule has 0 radical (unpaired) electrons. The highest BCUT2D eigenvalue weighted by Gasteiger charge is 2.05. The Bertz CT molecular complexity index is 773. The Morgan fingerprint density at radius 3 is 2.48 bits per heavy atom. The van der Waals surface area contributed by atoms with Crippen molar-refractivity contribution < 1.29 is 4.74 Å². The monoisotopic (exact) mass is 366 g/mol. The van der Waals surface area contributed by atoms with Gasteiger partial charge in [-0.15, -0.1) is 0 Å². The van der Waals surface area contributed by atoms with Crippen LogP contribution < -0.4 is 15.4 Å². The van der Waals surface area contributed by atoms with Crippen LogP contribution in [-0.2, 0) is 6.42 Å². The molecular formula is C22H30N4O. The number of aryl methyl sites for hydroxylation is 1. The molecule has 144 valence electrons. The number of allylic oxidation sites excluding steroid dienone is 1. The molecule has 5 nitrogen and oxygen atoms in total. The highest BCUT2D eigenvalue weighted by atomic mass is 16.5. The summed E-state index contributed by atoms with van der Waals surface area (Å²) in [6, 6.07) is 10.2. The second-order valence-corrected chi connectivity index (χ2v) is 7.00. The molecule has 27 heavy (non-hydrogen) atoms. The minimum Gasteiger partial charge on any atom is -0.497 e. The van der Waals surface area contributed by atoms with E-state index >= 15 is 0 Å². The molecule has 0 unspecified atom stereocenters. The van der Waals surface area contributed by atoms with Gasteiger partial charge in [0.2, 0.25) is 0 Å². The second kappa shape index (κ2) is 9.95. The average molecular weight is 367 g/mol. The van der Waals surface area contributed by atoms with Gasteiger partial charge in [-0.1, -0.05) is 23.8 Å². The summed E-state index contributed by atoms with van der Waals surface area (Å²) in [5.41, 5.74) is 2.82. The molecule has 1 aromatic heterocycles. The lowest BCUT2D eigenvalue weighted by Crippen LogP contribution is -2.10. The molecule has 2 N–H and O–H groups in total. The van der Waals surface area contributed by atoms with Crippen LogP contribution in [0.3, 0.4) is 0 Å². The minimum atomic E-state index is 0.778. The van der Waals surface area contributed by atoms with E-state index in [1.165, 1.54) is 31.2 Å². The summed E-state index contributed by atoms with van der Waals surface area (Å²) in [5, 5.41) is 6.86. The lowest BCUT2D eigenvalue weighted by atomic mass is 9.97. The molecule has 5 heteroatoms. The molecule has 1 aromatic carbocycles. The molecule has 0 aliphatic heterocycles. The van der Waals surface area contributed by atoms with Gasteiger partial charge in [-0.2, -0.15) is 0 Å². The SMILES string of the molecule is COc1cccc(CCNc2cc(NCCC3=CCCCC3)nc(C)n2)c1. The van der Waals surface area contributed by atoms with E-state index < -0.39 is 0 Å². The number of anilines is 2. The van der Waals surface area contributed by atoms with Crippen molar-refractivity contribution in [3.63, 3.8) is 0 Å². The van der Waals surface area contributed by atoms with E-state index in [2.05, 4.69) is 38.8 Å². The van der Waals surface area contributed by atoms with Gasteiger partial charge < -0.3 is 15.4 Å². The van der Waals surface area contributed by atoms with Crippen molar-refractivity contribution in [3.05, 3.63) is 53.4 Å². The third kappa shape index (κ3) is 6.27. The first kappa shape index (κ1) is 19.2. The summed E-state index contributed by atoms with van der Waals surface area (Å²) in [6.45, 7) is 3.67. The van der Waals surface area contributed by atoms with E-state index in [4.69, 9.17) is 4.74 Å². The molecule has 0 atom stereocenters. The predicted molar refractivity (Wildman–Crippen MR) is 112 cm³/mol. The molecule has 1 heterocycles. The average Bonchev–Trinajstić information content (AvgIpc) is 2.69. The number of aromatic nitrogens is 2. The number of nitrogens with one attached hydrogen (secondary N) is 2. The fourth-order valence-corrected chi connectivity index (χ4v) is 3.39. The van der Waals surface area contributed by atoms with E-state index in [0.717, 1.165) is 49.1 Å². The van der Waals surface area contributed by atoms with Gasteiger partial charge in [0, 0.05) is 19.2 Å². The van der Waals surface area contributed by atoms with Gasteiger partial charge in [0.25, 0.3) is 0 Å². The fraction of sp³-hybridized carbons (Fsp3) is 0.455. The zero-order chi connectivity index (χ0) is 18.9. The van der Waals surface area contributed by atoms with Crippen LogP contribution in [0.5, 0.6) is 5.75 Å². The van der Waals surface area contributed by atoms with Crippen molar-refractivity contribution >= 4 is 11.6 Å². The Morgan fingerprint density at radius 2 is 1.78 bits per heavy atom. The number of benzene rings is 1. The zero-order valence-corrected chi connectivity index (χ0v) is 16.4. The molecule has 1 aliphatic carbocycles. The van der Waals surface area contributed by atoms with Crippen LogP contribution in [-0.4, -0.2) is 30.2 Å². The number of hydrogen-bond acceptors (Lipinski definition) is 5.